The van der Waals surface area contributed by atoms with Gasteiger partial charge in [0.15, 0.2) is 0 Å². The number of aromatic nitrogens is 3. The van der Waals surface area contributed by atoms with Gasteiger partial charge < -0.3 is 9.30 Å². The van der Waals surface area contributed by atoms with Crippen LogP contribution in [0.15, 0.2) is 48.0 Å². The van der Waals surface area contributed by atoms with Crippen molar-refractivity contribution in [2.45, 2.75) is 26.7 Å². The Morgan fingerprint density at radius 1 is 1.48 bits per heavy atom. The topological polar surface area (TPSA) is 52.3 Å². The van der Waals surface area contributed by atoms with E-state index in [4.69, 9.17) is 4.74 Å². The highest BCUT2D eigenvalue weighted by Crippen LogP contribution is 2.09. The van der Waals surface area contributed by atoms with Crippen molar-refractivity contribution in [1.29, 1.82) is 0 Å². The molecule has 0 radical (unpaired) electrons. The summed E-state index contributed by atoms with van der Waals surface area (Å²) in [5.74, 6) is 0. The molecule has 110 valence electrons. The van der Waals surface area contributed by atoms with Crippen LogP contribution in [-0.2, 0) is 18.4 Å². The van der Waals surface area contributed by atoms with Crippen LogP contribution in [0.25, 0.3) is 5.57 Å². The minimum absolute atomic E-state index is 0.224. The molecule has 0 aromatic carbocycles. The number of imidazole rings is 1. The normalized spacial score (nSPS) is 13.8. The lowest BCUT2D eigenvalue weighted by molar-refractivity contribution is 0.0564. The zero-order chi connectivity index (χ0) is 15.1. The zero-order valence-corrected chi connectivity index (χ0v) is 12.6. The Balaban J connectivity index is 1.92. The molecule has 0 aliphatic heterocycles. The predicted octanol–water partition coefficient (Wildman–Crippen LogP) is 2.85. The first kappa shape index (κ1) is 15.1. The molecule has 0 aliphatic carbocycles. The van der Waals surface area contributed by atoms with Crippen molar-refractivity contribution in [3.63, 3.8) is 0 Å². The maximum absolute atomic E-state index is 5.69. The summed E-state index contributed by atoms with van der Waals surface area (Å²) in [6.45, 7) is 4.37. The van der Waals surface area contributed by atoms with Crippen LogP contribution >= 0.6 is 0 Å². The summed E-state index contributed by atoms with van der Waals surface area (Å²) in [5.41, 5.74) is 2.90. The summed E-state index contributed by atoms with van der Waals surface area (Å²) in [6, 6.07) is 5.82. The van der Waals surface area contributed by atoms with Gasteiger partial charge in [-0.05, 0) is 26.0 Å². The first-order valence-corrected chi connectivity index (χ1v) is 6.88. The molecule has 0 N–H and O–H groups in total. The summed E-state index contributed by atoms with van der Waals surface area (Å²) in [4.78, 5) is 12.8. The van der Waals surface area contributed by atoms with E-state index in [-0.39, 0.29) is 6.23 Å². The second-order valence-electron chi connectivity index (χ2n) is 4.64. The fourth-order valence-electron chi connectivity index (χ4n) is 1.78. The minimum Gasteiger partial charge on any atom is -0.351 e. The standard InChI is InChI=1S/C16H20N4O/c1-4-14(16-7-5-6-8-18-16)9-19-13(2)21-11-15-10-17-12-20(15)3/h4-10,12-13H,11H2,1-3H3/b14-4+,19-9-. The van der Waals surface area contributed by atoms with Crippen LogP contribution in [0.4, 0.5) is 0 Å². The maximum Gasteiger partial charge on any atom is 0.146 e. The van der Waals surface area contributed by atoms with E-state index >= 15 is 0 Å². The van der Waals surface area contributed by atoms with E-state index in [1.54, 1.807) is 24.9 Å². The third-order valence-electron chi connectivity index (χ3n) is 3.08. The van der Waals surface area contributed by atoms with E-state index < -0.39 is 0 Å². The van der Waals surface area contributed by atoms with E-state index in [2.05, 4.69) is 15.0 Å². The molecule has 0 amide bonds. The SMILES string of the molecule is C/C=C(\C=N/C(C)OCc1cncn1C)c1ccccn1. The Hall–Kier alpha value is -2.27. The maximum atomic E-state index is 5.69. The van der Waals surface area contributed by atoms with Gasteiger partial charge in [-0.3, -0.25) is 9.98 Å². The number of ether oxygens (including phenoxy) is 1. The van der Waals surface area contributed by atoms with Crippen LogP contribution in [0, 0.1) is 0 Å². The lowest BCUT2D eigenvalue weighted by atomic mass is 10.2. The Morgan fingerprint density at radius 3 is 2.95 bits per heavy atom. The van der Waals surface area contributed by atoms with E-state index in [0.717, 1.165) is 17.0 Å². The monoisotopic (exact) mass is 284 g/mol. The quantitative estimate of drug-likeness (QED) is 0.766. The molecule has 0 fully saturated rings. The van der Waals surface area contributed by atoms with Gasteiger partial charge in [0.1, 0.15) is 6.23 Å². The lowest BCUT2D eigenvalue weighted by Gasteiger charge is -2.09. The molecule has 2 aromatic heterocycles. The lowest BCUT2D eigenvalue weighted by Crippen LogP contribution is -2.07. The Morgan fingerprint density at radius 2 is 2.33 bits per heavy atom. The summed E-state index contributed by atoms with van der Waals surface area (Å²) in [6.07, 6.45) is 8.89. The molecule has 1 atom stereocenters. The molecule has 1 unspecified atom stereocenters. The van der Waals surface area contributed by atoms with Gasteiger partial charge in [0.05, 0.1) is 30.5 Å². The van der Waals surface area contributed by atoms with E-state index in [1.165, 1.54) is 0 Å². The highest BCUT2D eigenvalue weighted by Gasteiger charge is 2.03. The molecule has 2 aromatic rings. The summed E-state index contributed by atoms with van der Waals surface area (Å²) < 4.78 is 7.62. The zero-order valence-electron chi connectivity index (χ0n) is 12.6. The molecule has 21 heavy (non-hydrogen) atoms. The van der Waals surface area contributed by atoms with Gasteiger partial charge in [-0.2, -0.15) is 0 Å². The van der Waals surface area contributed by atoms with Crippen LogP contribution in [0.3, 0.4) is 0 Å². The Kier molecular flexibility index (Phi) is 5.40. The predicted molar refractivity (Wildman–Crippen MR) is 83.8 cm³/mol. The molecular formula is C16H20N4O. The molecule has 2 heterocycles. The van der Waals surface area contributed by atoms with Crippen molar-refractivity contribution < 1.29 is 4.74 Å². The second-order valence-corrected chi connectivity index (χ2v) is 4.64. The van der Waals surface area contributed by atoms with Crippen molar-refractivity contribution in [2.75, 3.05) is 0 Å². The molecule has 0 aliphatic rings. The van der Waals surface area contributed by atoms with Crippen LogP contribution in [0.5, 0.6) is 0 Å². The van der Waals surface area contributed by atoms with Crippen molar-refractivity contribution in [3.8, 4) is 0 Å². The van der Waals surface area contributed by atoms with Crippen LogP contribution in [0.2, 0.25) is 0 Å². The largest absolute Gasteiger partial charge is 0.351 e. The van der Waals surface area contributed by atoms with Crippen molar-refractivity contribution in [1.82, 2.24) is 14.5 Å². The van der Waals surface area contributed by atoms with Gasteiger partial charge in [0.2, 0.25) is 0 Å². The van der Waals surface area contributed by atoms with Gasteiger partial charge in [-0.25, -0.2) is 4.98 Å². The first-order chi connectivity index (χ1) is 10.2. The number of hydrogen-bond acceptors (Lipinski definition) is 4. The van der Waals surface area contributed by atoms with E-state index in [9.17, 15) is 0 Å². The molecule has 0 bridgehead atoms. The second kappa shape index (κ2) is 7.50. The molecule has 0 saturated carbocycles. The van der Waals surface area contributed by atoms with Crippen molar-refractivity contribution in [2.24, 2.45) is 12.0 Å². The van der Waals surface area contributed by atoms with Gasteiger partial charge >= 0.3 is 0 Å². The minimum atomic E-state index is -0.224. The summed E-state index contributed by atoms with van der Waals surface area (Å²) in [5, 5.41) is 0. The third-order valence-corrected chi connectivity index (χ3v) is 3.08. The van der Waals surface area contributed by atoms with Gasteiger partial charge in [-0.1, -0.05) is 12.1 Å². The average Bonchev–Trinajstić information content (AvgIpc) is 2.92. The van der Waals surface area contributed by atoms with Crippen molar-refractivity contribution in [3.05, 3.63) is 54.4 Å². The first-order valence-electron chi connectivity index (χ1n) is 6.88. The fraction of sp³-hybridized carbons (Fsp3) is 0.312. The average molecular weight is 284 g/mol. The number of pyridine rings is 1. The van der Waals surface area contributed by atoms with Crippen LogP contribution < -0.4 is 0 Å². The van der Waals surface area contributed by atoms with Gasteiger partial charge in [-0.15, -0.1) is 0 Å². The number of rotatable bonds is 6. The summed E-state index contributed by atoms with van der Waals surface area (Å²) in [7, 11) is 1.94. The fourth-order valence-corrected chi connectivity index (χ4v) is 1.78. The summed E-state index contributed by atoms with van der Waals surface area (Å²) >= 11 is 0. The highest BCUT2D eigenvalue weighted by molar-refractivity contribution is 6.08. The number of aliphatic imine (C=N–C) groups is 1. The molecule has 5 nitrogen and oxygen atoms in total. The number of allylic oxidation sites excluding steroid dienone is 2. The smallest absolute Gasteiger partial charge is 0.146 e. The highest BCUT2D eigenvalue weighted by atomic mass is 16.5. The molecule has 5 heteroatoms. The van der Waals surface area contributed by atoms with Crippen LogP contribution in [0.1, 0.15) is 25.2 Å². The molecule has 2 rings (SSSR count). The van der Waals surface area contributed by atoms with Crippen molar-refractivity contribution >= 4 is 11.8 Å². The van der Waals surface area contributed by atoms with E-state index in [1.807, 2.05) is 49.7 Å². The molecule has 0 saturated heterocycles. The van der Waals surface area contributed by atoms with Gasteiger partial charge in [0, 0.05) is 25.0 Å². The molecular weight excluding hydrogens is 264 g/mol. The Labute approximate surface area is 125 Å². The van der Waals surface area contributed by atoms with Crippen LogP contribution in [-0.4, -0.2) is 27.0 Å². The Bertz CT molecular complexity index is 616. The molecule has 0 spiro atoms. The van der Waals surface area contributed by atoms with Gasteiger partial charge in [0.25, 0.3) is 0 Å². The van der Waals surface area contributed by atoms with E-state index in [0.29, 0.717) is 6.61 Å². The number of nitrogens with zero attached hydrogens (tertiary/aromatic N) is 4. The number of aryl methyl sites for hydroxylation is 1. The third kappa shape index (κ3) is 4.36. The number of hydrogen-bond donors (Lipinski definition) is 0.